The van der Waals surface area contributed by atoms with E-state index in [1.165, 1.54) is 13.1 Å². The SMILES string of the molecule is C[C@H](NC(=O)[C@@H](CC(=O)c1ccc(N2CCOCC2)nc1)Cc1ccccc1)C(=O)O. The normalized spacial score (nSPS) is 15.7. The summed E-state index contributed by atoms with van der Waals surface area (Å²) >= 11 is 0. The molecule has 1 saturated heterocycles. The number of amides is 1. The number of Topliss-reactive ketones (excluding diaryl/α,β-unsaturated/α-hetero) is 1. The number of aromatic nitrogens is 1. The molecule has 3 rings (SSSR count). The minimum absolute atomic E-state index is 0.0361. The lowest BCUT2D eigenvalue weighted by Gasteiger charge is -2.27. The van der Waals surface area contributed by atoms with E-state index < -0.39 is 23.8 Å². The van der Waals surface area contributed by atoms with Gasteiger partial charge < -0.3 is 20.1 Å². The van der Waals surface area contributed by atoms with Gasteiger partial charge in [-0.3, -0.25) is 14.4 Å². The van der Waals surface area contributed by atoms with E-state index in [0.717, 1.165) is 24.5 Å². The Hall–Kier alpha value is -3.26. The first-order valence-electron chi connectivity index (χ1n) is 10.3. The summed E-state index contributed by atoms with van der Waals surface area (Å²) in [6.45, 7) is 4.19. The van der Waals surface area contributed by atoms with Crippen LogP contribution in [0, 0.1) is 5.92 Å². The highest BCUT2D eigenvalue weighted by atomic mass is 16.5. The van der Waals surface area contributed by atoms with E-state index in [4.69, 9.17) is 9.84 Å². The Labute approximate surface area is 181 Å². The monoisotopic (exact) mass is 425 g/mol. The number of carbonyl (C=O) groups excluding carboxylic acids is 2. The third-order valence-electron chi connectivity index (χ3n) is 5.26. The summed E-state index contributed by atoms with van der Waals surface area (Å²) in [6.07, 6.45) is 1.83. The molecule has 2 atom stereocenters. The van der Waals surface area contributed by atoms with Gasteiger partial charge in [0.05, 0.1) is 13.2 Å². The van der Waals surface area contributed by atoms with Gasteiger partial charge in [-0.05, 0) is 31.0 Å². The number of nitrogens with zero attached hydrogens (tertiary/aromatic N) is 2. The number of ether oxygens (including phenoxy) is 1. The van der Waals surface area contributed by atoms with E-state index in [-0.39, 0.29) is 12.2 Å². The van der Waals surface area contributed by atoms with Gasteiger partial charge in [0.2, 0.25) is 5.91 Å². The van der Waals surface area contributed by atoms with E-state index >= 15 is 0 Å². The van der Waals surface area contributed by atoms with Gasteiger partial charge in [-0.2, -0.15) is 0 Å². The van der Waals surface area contributed by atoms with Gasteiger partial charge in [-0.1, -0.05) is 30.3 Å². The molecular weight excluding hydrogens is 398 g/mol. The van der Waals surface area contributed by atoms with Crippen molar-refractivity contribution < 1.29 is 24.2 Å². The molecule has 2 heterocycles. The Morgan fingerprint density at radius 3 is 2.45 bits per heavy atom. The predicted octanol–water partition coefficient (Wildman–Crippen LogP) is 1.94. The highest BCUT2D eigenvalue weighted by Gasteiger charge is 2.26. The average molecular weight is 425 g/mol. The first kappa shape index (κ1) is 22.4. The minimum Gasteiger partial charge on any atom is -0.480 e. The van der Waals surface area contributed by atoms with Gasteiger partial charge >= 0.3 is 5.97 Å². The quantitative estimate of drug-likeness (QED) is 0.591. The number of aliphatic carboxylic acids is 1. The Kier molecular flexibility index (Phi) is 7.72. The number of hydrogen-bond donors (Lipinski definition) is 2. The molecule has 0 radical (unpaired) electrons. The van der Waals surface area contributed by atoms with Crippen LogP contribution in [0.2, 0.25) is 0 Å². The molecule has 0 unspecified atom stereocenters. The van der Waals surface area contributed by atoms with Crippen molar-refractivity contribution in [3.63, 3.8) is 0 Å². The maximum absolute atomic E-state index is 12.9. The number of pyridine rings is 1. The van der Waals surface area contributed by atoms with Gasteiger partial charge in [0.15, 0.2) is 5.78 Å². The molecule has 1 fully saturated rings. The van der Waals surface area contributed by atoms with E-state index in [2.05, 4.69) is 15.2 Å². The van der Waals surface area contributed by atoms with E-state index in [1.807, 2.05) is 30.3 Å². The Bertz CT molecular complexity index is 895. The number of carboxylic acids is 1. The second kappa shape index (κ2) is 10.7. The van der Waals surface area contributed by atoms with Crippen LogP contribution in [0.5, 0.6) is 0 Å². The van der Waals surface area contributed by atoms with Crippen LogP contribution in [0.3, 0.4) is 0 Å². The van der Waals surface area contributed by atoms with Crippen molar-refractivity contribution >= 4 is 23.5 Å². The highest BCUT2D eigenvalue weighted by molar-refractivity contribution is 5.99. The van der Waals surface area contributed by atoms with Crippen LogP contribution in [0.1, 0.15) is 29.3 Å². The number of ketones is 1. The van der Waals surface area contributed by atoms with Crippen LogP contribution >= 0.6 is 0 Å². The number of carbonyl (C=O) groups is 3. The van der Waals surface area contributed by atoms with Crippen molar-refractivity contribution in [1.82, 2.24) is 10.3 Å². The molecule has 0 spiro atoms. The predicted molar refractivity (Wildman–Crippen MR) is 115 cm³/mol. The number of carboxylic acid groups (broad SMARTS) is 1. The van der Waals surface area contributed by atoms with Crippen LogP contribution in [0.15, 0.2) is 48.7 Å². The summed E-state index contributed by atoms with van der Waals surface area (Å²) in [7, 11) is 0. The average Bonchev–Trinajstić information content (AvgIpc) is 2.79. The van der Waals surface area contributed by atoms with Crippen molar-refractivity contribution in [2.24, 2.45) is 5.92 Å². The van der Waals surface area contributed by atoms with E-state index in [1.54, 1.807) is 12.1 Å². The zero-order valence-electron chi connectivity index (χ0n) is 17.5. The van der Waals surface area contributed by atoms with E-state index in [0.29, 0.717) is 25.2 Å². The molecule has 0 bridgehead atoms. The van der Waals surface area contributed by atoms with Gasteiger partial charge in [0.1, 0.15) is 11.9 Å². The number of benzene rings is 1. The topological polar surface area (TPSA) is 109 Å². The van der Waals surface area contributed by atoms with Crippen molar-refractivity contribution in [2.45, 2.75) is 25.8 Å². The van der Waals surface area contributed by atoms with Crippen molar-refractivity contribution in [3.8, 4) is 0 Å². The molecule has 2 N–H and O–H groups in total. The second-order valence-corrected chi connectivity index (χ2v) is 7.59. The third kappa shape index (κ3) is 6.36. The van der Waals surface area contributed by atoms with E-state index in [9.17, 15) is 14.4 Å². The molecule has 31 heavy (non-hydrogen) atoms. The third-order valence-corrected chi connectivity index (χ3v) is 5.26. The van der Waals surface area contributed by atoms with Crippen molar-refractivity contribution in [2.75, 3.05) is 31.2 Å². The molecule has 1 aromatic heterocycles. The summed E-state index contributed by atoms with van der Waals surface area (Å²) in [5, 5.41) is 11.6. The van der Waals surface area contributed by atoms with Gasteiger partial charge in [0, 0.05) is 37.2 Å². The summed E-state index contributed by atoms with van der Waals surface area (Å²) < 4.78 is 5.34. The van der Waals surface area contributed by atoms with Crippen molar-refractivity contribution in [3.05, 3.63) is 59.8 Å². The largest absolute Gasteiger partial charge is 0.480 e. The Balaban J connectivity index is 1.70. The summed E-state index contributed by atoms with van der Waals surface area (Å²) in [4.78, 5) is 43.2. The lowest BCUT2D eigenvalue weighted by atomic mass is 9.91. The van der Waals surface area contributed by atoms with Gasteiger partial charge in [-0.15, -0.1) is 0 Å². The number of anilines is 1. The lowest BCUT2D eigenvalue weighted by molar-refractivity contribution is -0.141. The lowest BCUT2D eigenvalue weighted by Crippen LogP contribution is -2.42. The smallest absolute Gasteiger partial charge is 0.325 e. The second-order valence-electron chi connectivity index (χ2n) is 7.59. The first-order chi connectivity index (χ1) is 14.9. The van der Waals surface area contributed by atoms with Crippen LogP contribution < -0.4 is 10.2 Å². The Morgan fingerprint density at radius 2 is 1.84 bits per heavy atom. The number of nitrogens with one attached hydrogen (secondary N) is 1. The Morgan fingerprint density at radius 1 is 1.13 bits per heavy atom. The molecule has 1 aromatic carbocycles. The van der Waals surface area contributed by atoms with Gasteiger partial charge in [-0.25, -0.2) is 4.98 Å². The van der Waals surface area contributed by atoms with Crippen LogP contribution in [0.25, 0.3) is 0 Å². The fourth-order valence-corrected chi connectivity index (χ4v) is 3.42. The molecule has 1 aliphatic heterocycles. The molecule has 1 amide bonds. The van der Waals surface area contributed by atoms with Crippen LogP contribution in [-0.4, -0.2) is 60.1 Å². The molecule has 8 heteroatoms. The zero-order chi connectivity index (χ0) is 22.2. The van der Waals surface area contributed by atoms with Crippen LogP contribution in [0.4, 0.5) is 5.82 Å². The van der Waals surface area contributed by atoms with Gasteiger partial charge in [0.25, 0.3) is 0 Å². The standard InChI is InChI=1S/C23H27N3O5/c1-16(23(29)30)25-22(28)19(13-17-5-3-2-4-6-17)14-20(27)18-7-8-21(24-15-18)26-9-11-31-12-10-26/h2-8,15-16,19H,9-14H2,1H3,(H,25,28)(H,29,30)/t16-,19+/m0/s1. The highest BCUT2D eigenvalue weighted by Crippen LogP contribution is 2.19. The molecule has 164 valence electrons. The molecule has 8 nitrogen and oxygen atoms in total. The summed E-state index contributed by atoms with van der Waals surface area (Å²) in [5.41, 5.74) is 1.33. The van der Waals surface area contributed by atoms with Crippen molar-refractivity contribution in [1.29, 1.82) is 0 Å². The molecule has 0 aliphatic carbocycles. The first-order valence-corrected chi connectivity index (χ1v) is 10.3. The summed E-state index contributed by atoms with van der Waals surface area (Å²) in [5.74, 6) is -1.68. The molecular formula is C23H27N3O5. The maximum Gasteiger partial charge on any atom is 0.325 e. The van der Waals surface area contributed by atoms with Crippen LogP contribution in [-0.2, 0) is 20.7 Å². The number of morpholine rings is 1. The molecule has 2 aromatic rings. The maximum atomic E-state index is 12.9. The zero-order valence-corrected chi connectivity index (χ0v) is 17.5. The fraction of sp³-hybridized carbons (Fsp3) is 0.391. The molecule has 1 aliphatic rings. The minimum atomic E-state index is -1.12. The number of hydrogen-bond acceptors (Lipinski definition) is 6. The summed E-state index contributed by atoms with van der Waals surface area (Å²) in [6, 6.07) is 11.8. The fourth-order valence-electron chi connectivity index (χ4n) is 3.42. The molecule has 0 saturated carbocycles. The number of rotatable bonds is 9.